The first-order valence-corrected chi connectivity index (χ1v) is 11.7. The Labute approximate surface area is 212 Å². The quantitative estimate of drug-likeness (QED) is 0.328. The van der Waals surface area contributed by atoms with Gasteiger partial charge in [0, 0.05) is 29.2 Å². The molecule has 2 amide bonds. The topological polar surface area (TPSA) is 100 Å². The van der Waals surface area contributed by atoms with E-state index >= 15 is 0 Å². The summed E-state index contributed by atoms with van der Waals surface area (Å²) >= 11 is 0. The van der Waals surface area contributed by atoms with Gasteiger partial charge >= 0.3 is 0 Å². The average molecular weight is 488 g/mol. The number of hydrogen-bond donors (Lipinski definition) is 2. The molecule has 8 heteroatoms. The monoisotopic (exact) mass is 487 g/mol. The fourth-order valence-electron chi connectivity index (χ4n) is 4.34. The predicted octanol–water partition coefficient (Wildman–Crippen LogP) is 5.89. The van der Waals surface area contributed by atoms with Crippen LogP contribution >= 0.6 is 0 Å². The summed E-state index contributed by atoms with van der Waals surface area (Å²) in [5.74, 6) is 0.421. The van der Waals surface area contributed by atoms with Crippen LogP contribution in [-0.4, -0.2) is 21.8 Å². The van der Waals surface area contributed by atoms with E-state index in [0.717, 1.165) is 22.4 Å². The summed E-state index contributed by atoms with van der Waals surface area (Å²) < 4.78 is 5.17. The second-order valence-corrected chi connectivity index (χ2v) is 8.49. The van der Waals surface area contributed by atoms with Gasteiger partial charge in [0.2, 0.25) is 0 Å². The van der Waals surface area contributed by atoms with Crippen molar-refractivity contribution in [3.8, 4) is 11.1 Å². The Morgan fingerprint density at radius 3 is 2.62 bits per heavy atom. The highest BCUT2D eigenvalue weighted by atomic mass is 16.3. The van der Waals surface area contributed by atoms with Crippen LogP contribution in [0.2, 0.25) is 0 Å². The normalized spacial score (nSPS) is 12.1. The van der Waals surface area contributed by atoms with Gasteiger partial charge in [-0.05, 0) is 53.6 Å². The Kier molecular flexibility index (Phi) is 5.67. The molecule has 1 aliphatic heterocycles. The minimum atomic E-state index is -0.307. The largest absolute Gasteiger partial charge is 0.472 e. The number of nitrogens with zero attached hydrogens (tertiary/aromatic N) is 3. The first kappa shape index (κ1) is 22.2. The molecule has 0 atom stereocenters. The molecule has 2 aromatic carbocycles. The third-order valence-electron chi connectivity index (χ3n) is 6.18. The molecule has 0 fully saturated rings. The molecule has 2 N–H and O–H groups in total. The van der Waals surface area contributed by atoms with E-state index in [2.05, 4.69) is 20.6 Å². The molecule has 0 unspecified atom stereocenters. The van der Waals surface area contributed by atoms with Crippen LogP contribution in [0.1, 0.15) is 26.3 Å². The number of rotatable bonds is 4. The highest BCUT2D eigenvalue weighted by molar-refractivity contribution is 6.09. The van der Waals surface area contributed by atoms with Crippen molar-refractivity contribution >= 4 is 34.8 Å². The van der Waals surface area contributed by atoms with E-state index in [1.54, 1.807) is 60.0 Å². The lowest BCUT2D eigenvalue weighted by Gasteiger charge is -2.22. The van der Waals surface area contributed by atoms with Crippen molar-refractivity contribution in [1.82, 2.24) is 9.97 Å². The highest BCUT2D eigenvalue weighted by Crippen LogP contribution is 2.34. The zero-order valence-corrected chi connectivity index (χ0v) is 19.6. The summed E-state index contributed by atoms with van der Waals surface area (Å²) in [6.45, 7) is 0.379. The number of para-hydroxylation sites is 1. The molecule has 0 aliphatic carbocycles. The molecule has 5 aromatic rings. The van der Waals surface area contributed by atoms with Crippen molar-refractivity contribution in [2.45, 2.75) is 6.54 Å². The lowest BCUT2D eigenvalue weighted by molar-refractivity contribution is 0.0984. The standard InChI is InChI=1S/C29H21N5O3/c35-28(23-8-3-2-7-22(23)21-13-15-37-18-21)33-26-12-11-19(16-31-26)29(36)34-17-20-6-1-4-9-24(20)32-27-25(34)10-5-14-30-27/h1-16,18H,17H2,(H,30,32)(H,31,33,35). The second-order valence-electron chi connectivity index (χ2n) is 8.49. The fraction of sp³-hybridized carbons (Fsp3) is 0.0345. The maximum Gasteiger partial charge on any atom is 0.260 e. The molecule has 4 heterocycles. The van der Waals surface area contributed by atoms with Gasteiger partial charge in [0.15, 0.2) is 5.82 Å². The minimum absolute atomic E-state index is 0.219. The van der Waals surface area contributed by atoms with Crippen LogP contribution in [0.4, 0.5) is 23.0 Å². The molecule has 1 aliphatic rings. The molecule has 0 spiro atoms. The lowest BCUT2D eigenvalue weighted by Crippen LogP contribution is -2.30. The first-order chi connectivity index (χ1) is 18.2. The second kappa shape index (κ2) is 9.43. The van der Waals surface area contributed by atoms with E-state index in [1.807, 2.05) is 42.5 Å². The van der Waals surface area contributed by atoms with Gasteiger partial charge in [0.05, 0.1) is 30.3 Å². The van der Waals surface area contributed by atoms with Crippen molar-refractivity contribution in [3.63, 3.8) is 0 Å². The molecule has 0 bridgehead atoms. The Balaban J connectivity index is 1.24. The third-order valence-corrected chi connectivity index (χ3v) is 6.18. The molecule has 6 rings (SSSR count). The average Bonchev–Trinajstić information content (AvgIpc) is 3.42. The van der Waals surface area contributed by atoms with Crippen molar-refractivity contribution in [1.29, 1.82) is 0 Å². The van der Waals surface area contributed by atoms with Gasteiger partial charge in [-0.15, -0.1) is 0 Å². The van der Waals surface area contributed by atoms with E-state index in [9.17, 15) is 9.59 Å². The minimum Gasteiger partial charge on any atom is -0.472 e. The van der Waals surface area contributed by atoms with Gasteiger partial charge < -0.3 is 20.0 Å². The number of carbonyl (C=O) groups excluding carboxylic acids is 2. The van der Waals surface area contributed by atoms with Crippen LogP contribution in [0.15, 0.2) is 108 Å². The number of furan rings is 1. The number of benzene rings is 2. The van der Waals surface area contributed by atoms with Gasteiger partial charge in [0.25, 0.3) is 11.8 Å². The van der Waals surface area contributed by atoms with Crippen LogP contribution < -0.4 is 15.5 Å². The Bertz CT molecular complexity index is 1600. The Hall–Kier alpha value is -5.24. The number of carbonyl (C=O) groups is 2. The molecule has 8 nitrogen and oxygen atoms in total. The molecular weight excluding hydrogens is 466 g/mol. The number of anilines is 4. The van der Waals surface area contributed by atoms with Crippen LogP contribution in [-0.2, 0) is 6.54 Å². The smallest absolute Gasteiger partial charge is 0.260 e. The van der Waals surface area contributed by atoms with Crippen molar-refractivity contribution in [3.05, 3.63) is 120 Å². The molecule has 37 heavy (non-hydrogen) atoms. The van der Waals surface area contributed by atoms with Gasteiger partial charge in [0.1, 0.15) is 5.82 Å². The first-order valence-electron chi connectivity index (χ1n) is 11.7. The molecule has 0 saturated carbocycles. The van der Waals surface area contributed by atoms with E-state index in [4.69, 9.17) is 4.42 Å². The van der Waals surface area contributed by atoms with Gasteiger partial charge in [-0.2, -0.15) is 0 Å². The van der Waals surface area contributed by atoms with Gasteiger partial charge in [-0.3, -0.25) is 9.59 Å². The maximum absolute atomic E-state index is 13.6. The highest BCUT2D eigenvalue weighted by Gasteiger charge is 2.26. The Morgan fingerprint density at radius 2 is 1.78 bits per heavy atom. The molecule has 3 aromatic heterocycles. The van der Waals surface area contributed by atoms with Gasteiger partial charge in [-0.1, -0.05) is 36.4 Å². The van der Waals surface area contributed by atoms with Crippen LogP contribution in [0.5, 0.6) is 0 Å². The summed E-state index contributed by atoms with van der Waals surface area (Å²) in [7, 11) is 0. The maximum atomic E-state index is 13.6. The summed E-state index contributed by atoms with van der Waals surface area (Å²) in [5, 5.41) is 6.15. The number of aromatic nitrogens is 2. The molecule has 180 valence electrons. The summed E-state index contributed by atoms with van der Waals surface area (Å²) in [4.78, 5) is 37.1. The van der Waals surface area contributed by atoms with E-state index in [1.165, 1.54) is 6.20 Å². The summed E-state index contributed by atoms with van der Waals surface area (Å²) in [5.41, 5.74) is 5.01. The lowest BCUT2D eigenvalue weighted by atomic mass is 10.0. The summed E-state index contributed by atoms with van der Waals surface area (Å²) in [6, 6.07) is 23.8. The molecular formula is C29H21N5O3. The van der Waals surface area contributed by atoms with Crippen LogP contribution in [0, 0.1) is 0 Å². The van der Waals surface area contributed by atoms with E-state index < -0.39 is 0 Å². The van der Waals surface area contributed by atoms with Crippen molar-refractivity contribution in [2.75, 3.05) is 15.5 Å². The number of nitrogens with one attached hydrogen (secondary N) is 2. The van der Waals surface area contributed by atoms with E-state index in [-0.39, 0.29) is 11.8 Å². The fourth-order valence-corrected chi connectivity index (χ4v) is 4.34. The number of pyridine rings is 2. The van der Waals surface area contributed by atoms with Crippen molar-refractivity contribution in [2.24, 2.45) is 0 Å². The Morgan fingerprint density at radius 1 is 0.919 bits per heavy atom. The molecule has 0 radical (unpaired) electrons. The van der Waals surface area contributed by atoms with E-state index in [0.29, 0.717) is 35.0 Å². The number of fused-ring (bicyclic) bond motifs is 2. The molecule has 0 saturated heterocycles. The zero-order chi connectivity index (χ0) is 25.2. The van der Waals surface area contributed by atoms with Crippen LogP contribution in [0.25, 0.3) is 11.1 Å². The summed E-state index contributed by atoms with van der Waals surface area (Å²) in [6.07, 6.45) is 6.32. The van der Waals surface area contributed by atoms with Crippen molar-refractivity contribution < 1.29 is 14.0 Å². The van der Waals surface area contributed by atoms with Gasteiger partial charge in [-0.25, -0.2) is 9.97 Å². The number of amides is 2. The predicted molar refractivity (Wildman–Crippen MR) is 141 cm³/mol. The number of hydrogen-bond acceptors (Lipinski definition) is 6. The zero-order valence-electron chi connectivity index (χ0n) is 19.6. The SMILES string of the molecule is O=C(Nc1ccc(C(=O)N2Cc3ccccc3Nc3ncccc32)cn1)c1ccccc1-c1ccoc1. The third kappa shape index (κ3) is 4.32. The van der Waals surface area contributed by atoms with Crippen LogP contribution in [0.3, 0.4) is 0 Å².